The molecule has 8 heteroatoms. The molecule has 0 amide bonds. The number of fused-ring (bicyclic) bond motifs is 1. The van der Waals surface area contributed by atoms with Crippen molar-refractivity contribution in [1.29, 1.82) is 0 Å². The summed E-state index contributed by atoms with van der Waals surface area (Å²) in [5.74, 6) is 0.346. The third-order valence-electron chi connectivity index (χ3n) is 7.36. The van der Waals surface area contributed by atoms with E-state index < -0.39 is 54.6 Å². The molecule has 1 saturated carbocycles. The lowest BCUT2D eigenvalue weighted by Crippen LogP contribution is -2.65. The van der Waals surface area contributed by atoms with Gasteiger partial charge in [-0.1, -0.05) is 19.9 Å². The number of ether oxygens (including phenoxy) is 2. The van der Waals surface area contributed by atoms with Crippen molar-refractivity contribution < 1.29 is 40.1 Å². The van der Waals surface area contributed by atoms with E-state index >= 15 is 0 Å². The molecule has 3 aliphatic rings. The molecule has 8 nitrogen and oxygen atoms in total. The van der Waals surface area contributed by atoms with Crippen molar-refractivity contribution in [3.63, 3.8) is 0 Å². The first-order valence-electron chi connectivity index (χ1n) is 10.5. The number of aliphatic hydroxyl groups excluding tert-OH is 4. The number of hydrogen-bond acceptors (Lipinski definition) is 8. The predicted molar refractivity (Wildman–Crippen MR) is 104 cm³/mol. The lowest BCUT2D eigenvalue weighted by atomic mass is 9.55. The summed E-state index contributed by atoms with van der Waals surface area (Å²) in [4.78, 5) is 0. The van der Waals surface area contributed by atoms with Gasteiger partial charge in [0.2, 0.25) is 0 Å². The fourth-order valence-electron chi connectivity index (χ4n) is 5.25. The fourth-order valence-corrected chi connectivity index (χ4v) is 5.25. The van der Waals surface area contributed by atoms with Crippen LogP contribution in [0.25, 0.3) is 0 Å². The molecular formula is C21H36O8. The van der Waals surface area contributed by atoms with Crippen LogP contribution in [0.1, 0.15) is 47.0 Å². The Morgan fingerprint density at radius 3 is 2.41 bits per heavy atom. The van der Waals surface area contributed by atoms with Gasteiger partial charge in [-0.15, -0.1) is 0 Å². The van der Waals surface area contributed by atoms with Crippen LogP contribution in [-0.4, -0.2) is 85.3 Å². The summed E-state index contributed by atoms with van der Waals surface area (Å²) >= 11 is 0. The summed E-state index contributed by atoms with van der Waals surface area (Å²) in [5, 5.41) is 62.2. The van der Waals surface area contributed by atoms with Crippen molar-refractivity contribution in [2.75, 3.05) is 6.61 Å². The highest BCUT2D eigenvalue weighted by atomic mass is 16.7. The lowest BCUT2D eigenvalue weighted by molar-refractivity contribution is -0.315. The summed E-state index contributed by atoms with van der Waals surface area (Å²) in [6, 6.07) is 0. The number of hydrogen-bond donors (Lipinski definition) is 6. The zero-order chi connectivity index (χ0) is 21.7. The first-order valence-corrected chi connectivity index (χ1v) is 10.5. The van der Waals surface area contributed by atoms with Gasteiger partial charge < -0.3 is 40.1 Å². The summed E-state index contributed by atoms with van der Waals surface area (Å²) in [7, 11) is 0. The Bertz CT molecular complexity index is 618. The Balaban J connectivity index is 1.86. The van der Waals surface area contributed by atoms with Crippen molar-refractivity contribution in [2.24, 2.45) is 17.8 Å². The normalized spacial score (nSPS) is 50.9. The van der Waals surface area contributed by atoms with Gasteiger partial charge in [0, 0.05) is 12.3 Å². The first kappa shape index (κ1) is 23.1. The van der Waals surface area contributed by atoms with Crippen molar-refractivity contribution in [3.8, 4) is 0 Å². The summed E-state index contributed by atoms with van der Waals surface area (Å²) < 4.78 is 11.4. The van der Waals surface area contributed by atoms with E-state index in [0.717, 1.165) is 12.0 Å². The molecule has 0 aromatic rings. The summed E-state index contributed by atoms with van der Waals surface area (Å²) in [6.07, 6.45) is -4.14. The zero-order valence-corrected chi connectivity index (χ0v) is 17.6. The Morgan fingerprint density at radius 1 is 1.17 bits per heavy atom. The molecule has 6 N–H and O–H groups in total. The average Bonchev–Trinajstić information content (AvgIpc) is 2.64. The maximum absolute atomic E-state index is 11.6. The molecule has 10 unspecified atom stereocenters. The van der Waals surface area contributed by atoms with Gasteiger partial charge in [-0.05, 0) is 44.1 Å². The van der Waals surface area contributed by atoms with Crippen LogP contribution in [0, 0.1) is 17.8 Å². The largest absolute Gasteiger partial charge is 0.394 e. The Morgan fingerprint density at radius 2 is 1.83 bits per heavy atom. The fraction of sp³-hybridized carbons (Fsp3) is 0.905. The van der Waals surface area contributed by atoms with Crippen LogP contribution in [0.2, 0.25) is 0 Å². The second-order valence-electron chi connectivity index (χ2n) is 9.61. The van der Waals surface area contributed by atoms with E-state index in [1.165, 1.54) is 0 Å². The van der Waals surface area contributed by atoms with Crippen LogP contribution in [0.15, 0.2) is 11.6 Å². The molecule has 0 aromatic carbocycles. The van der Waals surface area contributed by atoms with Crippen molar-refractivity contribution >= 4 is 0 Å². The number of aliphatic hydroxyl groups is 6. The highest BCUT2D eigenvalue weighted by Crippen LogP contribution is 2.53. The monoisotopic (exact) mass is 416 g/mol. The molecule has 0 radical (unpaired) electrons. The molecule has 3 rings (SSSR count). The van der Waals surface area contributed by atoms with E-state index in [-0.39, 0.29) is 18.3 Å². The molecule has 1 saturated heterocycles. The highest BCUT2D eigenvalue weighted by molar-refractivity contribution is 5.24. The van der Waals surface area contributed by atoms with Crippen LogP contribution in [0.3, 0.4) is 0 Å². The molecule has 2 aliphatic carbocycles. The smallest absolute Gasteiger partial charge is 0.187 e. The highest BCUT2D eigenvalue weighted by Gasteiger charge is 2.59. The predicted octanol–water partition coefficient (Wildman–Crippen LogP) is -0.314. The molecule has 0 aromatic heterocycles. The quantitative estimate of drug-likeness (QED) is 0.343. The minimum absolute atomic E-state index is 0.116. The third kappa shape index (κ3) is 3.90. The first-order chi connectivity index (χ1) is 13.4. The second-order valence-corrected chi connectivity index (χ2v) is 9.61. The van der Waals surface area contributed by atoms with Gasteiger partial charge in [-0.25, -0.2) is 0 Å². The van der Waals surface area contributed by atoms with Crippen LogP contribution in [0.4, 0.5) is 0 Å². The van der Waals surface area contributed by atoms with Crippen LogP contribution < -0.4 is 0 Å². The summed E-state index contributed by atoms with van der Waals surface area (Å²) in [6.45, 7) is 7.21. The topological polar surface area (TPSA) is 140 Å². The average molecular weight is 417 g/mol. The molecule has 29 heavy (non-hydrogen) atoms. The van der Waals surface area contributed by atoms with E-state index in [9.17, 15) is 30.6 Å². The molecule has 0 bridgehead atoms. The molecule has 1 aliphatic heterocycles. The minimum atomic E-state index is -1.53. The Hall–Kier alpha value is -0.580. The molecular weight excluding hydrogens is 380 g/mol. The minimum Gasteiger partial charge on any atom is -0.394 e. The van der Waals surface area contributed by atoms with Gasteiger partial charge in [0.25, 0.3) is 0 Å². The maximum Gasteiger partial charge on any atom is 0.187 e. The van der Waals surface area contributed by atoms with Crippen LogP contribution in [-0.2, 0) is 9.47 Å². The Kier molecular flexibility index (Phi) is 6.50. The standard InChI is InChI=1S/C21H36O8/c1-10(2)12-5-6-20(4,26)21(27)8-14(11(3)7-13(12)21)28-19-18(25)17(24)16(23)15(9-22)29-19/h7,10,12-19,22-27H,5-6,8-9H2,1-4H3. The van der Waals surface area contributed by atoms with E-state index in [4.69, 9.17) is 9.47 Å². The van der Waals surface area contributed by atoms with Crippen LogP contribution in [0.5, 0.6) is 0 Å². The molecule has 1 heterocycles. The van der Waals surface area contributed by atoms with Crippen molar-refractivity contribution in [3.05, 3.63) is 11.6 Å². The van der Waals surface area contributed by atoms with E-state index in [1.54, 1.807) is 6.92 Å². The van der Waals surface area contributed by atoms with E-state index in [1.807, 2.05) is 13.0 Å². The zero-order valence-electron chi connectivity index (χ0n) is 17.6. The molecule has 2 fully saturated rings. The van der Waals surface area contributed by atoms with E-state index in [2.05, 4.69) is 13.8 Å². The van der Waals surface area contributed by atoms with Gasteiger partial charge in [0.05, 0.1) is 18.3 Å². The number of rotatable bonds is 4. The SMILES string of the molecule is CC1=CC2C(C(C)C)CCC(C)(O)C2(O)CC1OC1OC(CO)C(O)C(O)C1O. The van der Waals surface area contributed by atoms with Gasteiger partial charge in [0.1, 0.15) is 30.0 Å². The van der Waals surface area contributed by atoms with E-state index in [0.29, 0.717) is 12.3 Å². The second kappa shape index (κ2) is 8.16. The third-order valence-corrected chi connectivity index (χ3v) is 7.36. The summed E-state index contributed by atoms with van der Waals surface area (Å²) in [5.41, 5.74) is -1.85. The van der Waals surface area contributed by atoms with Crippen LogP contribution >= 0.6 is 0 Å². The maximum atomic E-state index is 11.6. The molecule has 0 spiro atoms. The van der Waals surface area contributed by atoms with Gasteiger partial charge >= 0.3 is 0 Å². The lowest BCUT2D eigenvalue weighted by Gasteiger charge is -2.56. The van der Waals surface area contributed by atoms with Crippen molar-refractivity contribution in [1.82, 2.24) is 0 Å². The van der Waals surface area contributed by atoms with Gasteiger partial charge in [-0.2, -0.15) is 0 Å². The molecule has 10 atom stereocenters. The Labute approximate surface area is 171 Å². The van der Waals surface area contributed by atoms with Gasteiger partial charge in [-0.3, -0.25) is 0 Å². The van der Waals surface area contributed by atoms with Crippen molar-refractivity contribution in [2.45, 2.75) is 95.0 Å². The molecule has 168 valence electrons. The van der Waals surface area contributed by atoms with Gasteiger partial charge in [0.15, 0.2) is 6.29 Å².